The van der Waals surface area contributed by atoms with Gasteiger partial charge in [0.2, 0.25) is 5.75 Å². The molecule has 1 N–H and O–H groups in total. The van der Waals surface area contributed by atoms with Gasteiger partial charge in [-0.2, -0.15) is 13.7 Å². The van der Waals surface area contributed by atoms with Crippen LogP contribution in [0.2, 0.25) is 5.02 Å². The molecule has 0 bridgehead atoms. The van der Waals surface area contributed by atoms with Crippen LogP contribution in [0.1, 0.15) is 18.3 Å². The van der Waals surface area contributed by atoms with E-state index in [1.165, 1.54) is 18.2 Å². The third-order valence-corrected chi connectivity index (χ3v) is 6.15. The SMILES string of the molecule is CCOc1cc(/C=C(\C#N)c2nc3ccccc3[nH]2)cc(Cl)c1OS(=O)(=O)c1ccccc1. The van der Waals surface area contributed by atoms with Gasteiger partial charge in [-0.15, -0.1) is 0 Å². The largest absolute Gasteiger partial charge is 0.490 e. The van der Waals surface area contributed by atoms with Crippen molar-refractivity contribution in [2.75, 3.05) is 6.61 Å². The van der Waals surface area contributed by atoms with Gasteiger partial charge in [0.05, 0.1) is 28.2 Å². The van der Waals surface area contributed by atoms with E-state index >= 15 is 0 Å². The number of hydrogen-bond acceptors (Lipinski definition) is 6. The number of benzene rings is 3. The summed E-state index contributed by atoms with van der Waals surface area (Å²) in [7, 11) is -4.12. The summed E-state index contributed by atoms with van der Waals surface area (Å²) < 4.78 is 36.3. The average Bonchev–Trinajstić information content (AvgIpc) is 3.24. The highest BCUT2D eigenvalue weighted by Crippen LogP contribution is 2.39. The Morgan fingerprint density at radius 3 is 2.58 bits per heavy atom. The molecule has 0 aliphatic rings. The molecule has 1 aromatic heterocycles. The lowest BCUT2D eigenvalue weighted by atomic mass is 10.1. The Kier molecular flexibility index (Phi) is 6.36. The number of H-pyrrole nitrogens is 1. The van der Waals surface area contributed by atoms with Crippen LogP contribution in [0.25, 0.3) is 22.7 Å². The molecule has 0 aliphatic heterocycles. The van der Waals surface area contributed by atoms with Crippen LogP contribution in [0.5, 0.6) is 11.5 Å². The van der Waals surface area contributed by atoms with E-state index in [1.54, 1.807) is 37.3 Å². The van der Waals surface area contributed by atoms with E-state index in [4.69, 9.17) is 20.5 Å². The van der Waals surface area contributed by atoms with Crippen LogP contribution in [0.15, 0.2) is 71.6 Å². The molecule has 0 saturated heterocycles. The smallest absolute Gasteiger partial charge is 0.339 e. The maximum atomic E-state index is 12.7. The van der Waals surface area contributed by atoms with Crippen molar-refractivity contribution < 1.29 is 17.3 Å². The van der Waals surface area contributed by atoms with Crippen molar-refractivity contribution in [2.24, 2.45) is 0 Å². The molecule has 0 unspecified atom stereocenters. The number of nitrogens with zero attached hydrogens (tertiary/aromatic N) is 2. The van der Waals surface area contributed by atoms with Gasteiger partial charge in [0.25, 0.3) is 0 Å². The number of halogens is 1. The number of imidazole rings is 1. The standard InChI is InChI=1S/C24H18ClN3O4S/c1-2-31-22-14-16(12-17(15-26)24-27-20-10-6-7-11-21(20)28-24)13-19(25)23(22)32-33(29,30)18-8-4-3-5-9-18/h3-14H,2H2,1H3,(H,27,28)/b17-12+. The zero-order valence-electron chi connectivity index (χ0n) is 17.4. The molecule has 0 fully saturated rings. The Labute approximate surface area is 196 Å². The second-order valence-corrected chi connectivity index (χ2v) is 8.84. The van der Waals surface area contributed by atoms with Crippen LogP contribution in [-0.2, 0) is 10.1 Å². The van der Waals surface area contributed by atoms with Crippen LogP contribution in [0.4, 0.5) is 0 Å². The number of fused-ring (bicyclic) bond motifs is 1. The monoisotopic (exact) mass is 479 g/mol. The maximum Gasteiger partial charge on any atom is 0.339 e. The quantitative estimate of drug-likeness (QED) is 0.279. The Hall–Kier alpha value is -3.80. The number of aromatic nitrogens is 2. The molecule has 0 spiro atoms. The third-order valence-electron chi connectivity index (χ3n) is 4.63. The van der Waals surface area contributed by atoms with E-state index in [0.717, 1.165) is 11.0 Å². The van der Waals surface area contributed by atoms with Crippen molar-refractivity contribution in [1.29, 1.82) is 5.26 Å². The minimum absolute atomic E-state index is 0.0101. The van der Waals surface area contributed by atoms with E-state index in [9.17, 15) is 13.7 Å². The number of hydrogen-bond donors (Lipinski definition) is 1. The van der Waals surface area contributed by atoms with Crippen LogP contribution >= 0.6 is 11.6 Å². The van der Waals surface area contributed by atoms with Gasteiger partial charge in [-0.3, -0.25) is 0 Å². The Bertz CT molecular complexity index is 1460. The number of para-hydroxylation sites is 2. The molecule has 0 amide bonds. The zero-order chi connectivity index (χ0) is 23.4. The topological polar surface area (TPSA) is 105 Å². The maximum absolute atomic E-state index is 12.7. The first-order valence-electron chi connectivity index (χ1n) is 9.94. The van der Waals surface area contributed by atoms with Crippen molar-refractivity contribution in [3.8, 4) is 17.6 Å². The summed E-state index contributed by atoms with van der Waals surface area (Å²) in [6.07, 6.45) is 1.58. The lowest BCUT2D eigenvalue weighted by molar-refractivity contribution is 0.327. The van der Waals surface area contributed by atoms with Gasteiger partial charge in [-0.25, -0.2) is 4.98 Å². The fraction of sp³-hybridized carbons (Fsp3) is 0.0833. The van der Waals surface area contributed by atoms with Crippen LogP contribution in [0, 0.1) is 11.3 Å². The number of ether oxygens (including phenoxy) is 1. The lowest BCUT2D eigenvalue weighted by Gasteiger charge is -2.14. The summed E-state index contributed by atoms with van der Waals surface area (Å²) in [4.78, 5) is 7.55. The normalized spacial score (nSPS) is 11.8. The van der Waals surface area contributed by atoms with Crippen LogP contribution in [0.3, 0.4) is 0 Å². The molecule has 1 heterocycles. The van der Waals surface area contributed by atoms with Gasteiger partial charge in [0, 0.05) is 0 Å². The first kappa shape index (κ1) is 22.4. The highest BCUT2D eigenvalue weighted by Gasteiger charge is 2.22. The number of allylic oxidation sites excluding steroid dienone is 1. The van der Waals surface area contributed by atoms with Gasteiger partial charge in [-0.05, 0) is 55.0 Å². The Morgan fingerprint density at radius 2 is 1.88 bits per heavy atom. The van der Waals surface area contributed by atoms with E-state index in [1.807, 2.05) is 24.3 Å². The summed E-state index contributed by atoms with van der Waals surface area (Å²) in [5, 5.41) is 9.72. The first-order chi connectivity index (χ1) is 15.9. The number of nitriles is 1. The molecule has 4 aromatic rings. The zero-order valence-corrected chi connectivity index (χ0v) is 19.0. The Balaban J connectivity index is 1.74. The summed E-state index contributed by atoms with van der Waals surface area (Å²) >= 11 is 6.40. The predicted molar refractivity (Wildman–Crippen MR) is 126 cm³/mol. The molecular formula is C24H18ClN3O4S. The third kappa shape index (κ3) is 4.85. The van der Waals surface area contributed by atoms with E-state index < -0.39 is 10.1 Å². The van der Waals surface area contributed by atoms with Crippen molar-refractivity contribution in [3.63, 3.8) is 0 Å². The molecule has 0 aliphatic carbocycles. The summed E-state index contributed by atoms with van der Waals surface area (Å²) in [5.41, 5.74) is 2.33. The molecule has 7 nitrogen and oxygen atoms in total. The van der Waals surface area contributed by atoms with E-state index in [0.29, 0.717) is 11.4 Å². The highest BCUT2D eigenvalue weighted by molar-refractivity contribution is 7.87. The van der Waals surface area contributed by atoms with Crippen LogP contribution < -0.4 is 8.92 Å². The fourth-order valence-corrected chi connectivity index (χ4v) is 4.44. The van der Waals surface area contributed by atoms with E-state index in [2.05, 4.69) is 16.0 Å². The molecule has 33 heavy (non-hydrogen) atoms. The van der Waals surface area contributed by atoms with Crippen LogP contribution in [-0.4, -0.2) is 25.0 Å². The molecular weight excluding hydrogens is 462 g/mol. The second-order valence-electron chi connectivity index (χ2n) is 6.89. The summed E-state index contributed by atoms with van der Waals surface area (Å²) in [6, 6.07) is 20.4. The Morgan fingerprint density at radius 1 is 1.15 bits per heavy atom. The molecule has 0 atom stereocenters. The molecule has 3 aromatic carbocycles. The minimum Gasteiger partial charge on any atom is -0.490 e. The van der Waals surface area contributed by atoms with Gasteiger partial charge in [-0.1, -0.05) is 41.9 Å². The molecule has 0 saturated carbocycles. The predicted octanol–water partition coefficient (Wildman–Crippen LogP) is 5.45. The van der Waals surface area contributed by atoms with Gasteiger partial charge in [0.1, 0.15) is 16.8 Å². The lowest BCUT2D eigenvalue weighted by Crippen LogP contribution is -2.11. The van der Waals surface area contributed by atoms with Crippen molar-refractivity contribution >= 4 is 44.4 Å². The molecule has 166 valence electrons. The van der Waals surface area contributed by atoms with E-state index in [-0.39, 0.29) is 33.6 Å². The number of rotatable bonds is 7. The molecule has 0 radical (unpaired) electrons. The molecule has 9 heteroatoms. The van der Waals surface area contributed by atoms with Gasteiger partial charge < -0.3 is 13.9 Å². The highest BCUT2D eigenvalue weighted by atomic mass is 35.5. The second kappa shape index (κ2) is 9.36. The van der Waals surface area contributed by atoms with Crippen molar-refractivity contribution in [2.45, 2.75) is 11.8 Å². The number of aromatic amines is 1. The van der Waals surface area contributed by atoms with Gasteiger partial charge >= 0.3 is 10.1 Å². The fourth-order valence-electron chi connectivity index (χ4n) is 3.16. The van der Waals surface area contributed by atoms with Crippen molar-refractivity contribution in [3.05, 3.63) is 83.1 Å². The number of nitrogens with one attached hydrogen (secondary N) is 1. The average molecular weight is 480 g/mol. The van der Waals surface area contributed by atoms with Gasteiger partial charge in [0.15, 0.2) is 5.75 Å². The summed E-state index contributed by atoms with van der Waals surface area (Å²) in [6.45, 7) is 2.00. The molecule has 4 rings (SSSR count). The first-order valence-corrected chi connectivity index (χ1v) is 11.7. The summed E-state index contributed by atoms with van der Waals surface area (Å²) in [5.74, 6) is 0.416. The minimum atomic E-state index is -4.12. The van der Waals surface area contributed by atoms with Crippen molar-refractivity contribution in [1.82, 2.24) is 9.97 Å².